The molecule has 2 aliphatic heterocycles. The molecule has 0 radical (unpaired) electrons. The fourth-order valence-corrected chi connectivity index (χ4v) is 3.03. The molecule has 2 atom stereocenters. The quantitative estimate of drug-likeness (QED) is 0.868. The Morgan fingerprint density at radius 2 is 1.84 bits per heavy atom. The van der Waals surface area contributed by atoms with Crippen molar-refractivity contribution >= 4 is 5.82 Å². The Morgan fingerprint density at radius 3 is 2.37 bits per heavy atom. The fraction of sp³-hybridized carbons (Fsp3) is 0.615. The first-order chi connectivity index (χ1) is 9.00. The molecule has 104 valence electrons. The molecule has 0 saturated carbocycles. The summed E-state index contributed by atoms with van der Waals surface area (Å²) in [5, 5.41) is 6.77. The van der Waals surface area contributed by atoms with Gasteiger partial charge in [-0.2, -0.15) is 13.2 Å². The Morgan fingerprint density at radius 1 is 1.16 bits per heavy atom. The van der Waals surface area contributed by atoms with Crippen LogP contribution in [0.1, 0.15) is 31.2 Å². The minimum absolute atomic E-state index is 0.308. The van der Waals surface area contributed by atoms with Gasteiger partial charge in [-0.1, -0.05) is 0 Å². The molecule has 2 saturated heterocycles. The Labute approximate surface area is 109 Å². The lowest BCUT2D eigenvalue weighted by molar-refractivity contribution is -0.137. The minimum atomic E-state index is -4.32. The van der Waals surface area contributed by atoms with Crippen molar-refractivity contribution in [3.8, 4) is 0 Å². The number of nitrogens with one attached hydrogen (secondary N) is 2. The molecule has 3 rings (SSSR count). The lowest BCUT2D eigenvalue weighted by Crippen LogP contribution is -2.43. The van der Waals surface area contributed by atoms with Crippen LogP contribution in [0.2, 0.25) is 0 Å². The van der Waals surface area contributed by atoms with Gasteiger partial charge in [-0.05, 0) is 37.8 Å². The van der Waals surface area contributed by atoms with Crippen molar-refractivity contribution in [2.24, 2.45) is 0 Å². The minimum Gasteiger partial charge on any atom is -0.367 e. The van der Waals surface area contributed by atoms with Crippen molar-refractivity contribution in [1.29, 1.82) is 0 Å². The molecule has 0 aliphatic carbocycles. The molecule has 6 heteroatoms. The van der Waals surface area contributed by atoms with Crippen molar-refractivity contribution in [1.82, 2.24) is 10.3 Å². The van der Waals surface area contributed by atoms with E-state index in [0.717, 1.165) is 25.1 Å². The number of halogens is 3. The predicted octanol–water partition coefficient (Wildman–Crippen LogP) is 2.80. The molecule has 3 nitrogen and oxygen atoms in total. The summed E-state index contributed by atoms with van der Waals surface area (Å²) < 4.78 is 37.3. The van der Waals surface area contributed by atoms with Crippen molar-refractivity contribution < 1.29 is 13.2 Å². The van der Waals surface area contributed by atoms with E-state index in [1.165, 1.54) is 18.9 Å². The number of piperidine rings is 1. The van der Waals surface area contributed by atoms with Crippen LogP contribution < -0.4 is 10.6 Å². The molecule has 3 heterocycles. The largest absolute Gasteiger partial charge is 0.417 e. The Hall–Kier alpha value is -1.30. The van der Waals surface area contributed by atoms with Crippen LogP contribution in [0.5, 0.6) is 0 Å². The second-order valence-corrected chi connectivity index (χ2v) is 5.38. The lowest BCUT2D eigenvalue weighted by Gasteiger charge is -2.30. The molecule has 19 heavy (non-hydrogen) atoms. The molecule has 1 aromatic rings. The van der Waals surface area contributed by atoms with Gasteiger partial charge < -0.3 is 10.6 Å². The van der Waals surface area contributed by atoms with E-state index in [4.69, 9.17) is 0 Å². The highest BCUT2D eigenvalue weighted by Crippen LogP contribution is 2.30. The number of pyridine rings is 1. The first kappa shape index (κ1) is 12.7. The zero-order chi connectivity index (χ0) is 13.5. The normalized spacial score (nSPS) is 30.4. The first-order valence-corrected chi connectivity index (χ1v) is 6.56. The molecule has 2 N–H and O–H groups in total. The van der Waals surface area contributed by atoms with Crippen LogP contribution in [0.25, 0.3) is 0 Å². The molecule has 0 aromatic carbocycles. The van der Waals surface area contributed by atoms with Crippen LogP contribution in [0, 0.1) is 0 Å². The molecule has 0 spiro atoms. The number of hydrogen-bond acceptors (Lipinski definition) is 3. The number of hydrogen-bond donors (Lipinski definition) is 2. The molecule has 2 bridgehead atoms. The highest BCUT2D eigenvalue weighted by Gasteiger charge is 2.34. The summed E-state index contributed by atoms with van der Waals surface area (Å²) in [5.41, 5.74) is -0.705. The van der Waals surface area contributed by atoms with Crippen LogP contribution in [0.15, 0.2) is 18.3 Å². The Bertz CT molecular complexity index is 431. The number of rotatable bonds is 2. The van der Waals surface area contributed by atoms with E-state index in [-0.39, 0.29) is 0 Å². The van der Waals surface area contributed by atoms with Crippen molar-refractivity contribution in [3.05, 3.63) is 23.9 Å². The van der Waals surface area contributed by atoms with Crippen molar-refractivity contribution in [2.75, 3.05) is 5.32 Å². The van der Waals surface area contributed by atoms with Gasteiger partial charge in [0.25, 0.3) is 0 Å². The summed E-state index contributed by atoms with van der Waals surface area (Å²) in [6.07, 6.45) is 0.988. The maximum absolute atomic E-state index is 12.4. The smallest absolute Gasteiger partial charge is 0.367 e. The van der Waals surface area contributed by atoms with Crippen molar-refractivity contribution in [2.45, 2.75) is 50.0 Å². The van der Waals surface area contributed by atoms with Gasteiger partial charge in [0, 0.05) is 24.3 Å². The highest BCUT2D eigenvalue weighted by molar-refractivity contribution is 5.37. The third kappa shape index (κ3) is 2.83. The molecular formula is C13H16F3N3. The summed E-state index contributed by atoms with van der Waals surface area (Å²) in [6.45, 7) is 0. The molecule has 0 amide bonds. The number of nitrogens with zero attached hydrogens (tertiary/aromatic N) is 1. The number of anilines is 1. The van der Waals surface area contributed by atoms with E-state index in [2.05, 4.69) is 15.6 Å². The van der Waals surface area contributed by atoms with Gasteiger partial charge in [-0.25, -0.2) is 4.98 Å². The van der Waals surface area contributed by atoms with Gasteiger partial charge in [0.15, 0.2) is 0 Å². The van der Waals surface area contributed by atoms with Gasteiger partial charge in [0.05, 0.1) is 5.56 Å². The first-order valence-electron chi connectivity index (χ1n) is 6.56. The zero-order valence-corrected chi connectivity index (χ0v) is 10.4. The summed E-state index contributed by atoms with van der Waals surface area (Å²) >= 11 is 0. The number of aromatic nitrogens is 1. The van der Waals surface area contributed by atoms with Gasteiger partial charge in [0.1, 0.15) is 5.82 Å². The van der Waals surface area contributed by atoms with E-state index in [9.17, 15) is 13.2 Å². The second kappa shape index (κ2) is 4.67. The van der Waals surface area contributed by atoms with Crippen LogP contribution in [0.4, 0.5) is 19.0 Å². The Balaban J connectivity index is 1.64. The zero-order valence-electron chi connectivity index (χ0n) is 10.4. The number of alkyl halides is 3. The maximum Gasteiger partial charge on any atom is 0.417 e. The van der Waals surface area contributed by atoms with Gasteiger partial charge in [0.2, 0.25) is 0 Å². The second-order valence-electron chi connectivity index (χ2n) is 5.38. The molecule has 2 unspecified atom stereocenters. The van der Waals surface area contributed by atoms with E-state index in [1.54, 1.807) is 0 Å². The standard InChI is InChI=1S/C13H16F3N3/c14-13(15,16)8-1-4-12(17-7-8)19-11-5-9-2-3-10(6-11)18-9/h1,4,7,9-11,18H,2-3,5-6H2,(H,17,19). The van der Waals surface area contributed by atoms with E-state index in [0.29, 0.717) is 23.9 Å². The SMILES string of the molecule is FC(F)(F)c1ccc(NC2CC3CCC(C2)N3)nc1. The summed E-state index contributed by atoms with van der Waals surface area (Å²) in [4.78, 5) is 3.86. The third-order valence-electron chi connectivity index (χ3n) is 3.92. The molecule has 1 aromatic heterocycles. The van der Waals surface area contributed by atoms with Gasteiger partial charge >= 0.3 is 6.18 Å². The molecule has 2 fully saturated rings. The van der Waals surface area contributed by atoms with E-state index >= 15 is 0 Å². The van der Waals surface area contributed by atoms with Crippen LogP contribution in [-0.2, 0) is 6.18 Å². The van der Waals surface area contributed by atoms with E-state index < -0.39 is 11.7 Å². The highest BCUT2D eigenvalue weighted by atomic mass is 19.4. The topological polar surface area (TPSA) is 37.0 Å². The van der Waals surface area contributed by atoms with Gasteiger partial charge in [-0.3, -0.25) is 0 Å². The summed E-state index contributed by atoms with van der Waals surface area (Å²) in [6, 6.07) is 3.89. The van der Waals surface area contributed by atoms with E-state index in [1.807, 2.05) is 0 Å². The van der Waals surface area contributed by atoms with Crippen LogP contribution in [-0.4, -0.2) is 23.1 Å². The third-order valence-corrected chi connectivity index (χ3v) is 3.92. The summed E-state index contributed by atoms with van der Waals surface area (Å²) in [5.74, 6) is 0.527. The number of fused-ring (bicyclic) bond motifs is 2. The molecule has 2 aliphatic rings. The van der Waals surface area contributed by atoms with Crippen LogP contribution >= 0.6 is 0 Å². The van der Waals surface area contributed by atoms with Crippen LogP contribution in [0.3, 0.4) is 0 Å². The molecular weight excluding hydrogens is 255 g/mol. The predicted molar refractivity (Wildman–Crippen MR) is 65.8 cm³/mol. The lowest BCUT2D eigenvalue weighted by atomic mass is 10.00. The van der Waals surface area contributed by atoms with Gasteiger partial charge in [-0.15, -0.1) is 0 Å². The van der Waals surface area contributed by atoms with Crippen molar-refractivity contribution in [3.63, 3.8) is 0 Å². The fourth-order valence-electron chi connectivity index (χ4n) is 3.03. The average Bonchev–Trinajstić information content (AvgIpc) is 2.68. The summed E-state index contributed by atoms with van der Waals surface area (Å²) in [7, 11) is 0. The maximum atomic E-state index is 12.4. The monoisotopic (exact) mass is 271 g/mol. The Kier molecular flexibility index (Phi) is 3.12. The average molecular weight is 271 g/mol.